The first-order chi connectivity index (χ1) is 10.9. The van der Waals surface area contributed by atoms with Crippen molar-refractivity contribution in [2.75, 3.05) is 14.2 Å². The van der Waals surface area contributed by atoms with Crippen molar-refractivity contribution in [2.24, 2.45) is 0 Å². The molecule has 0 radical (unpaired) electrons. The lowest BCUT2D eigenvalue weighted by atomic mass is 10.2. The van der Waals surface area contributed by atoms with Crippen LogP contribution < -0.4 is 10.3 Å². The van der Waals surface area contributed by atoms with Crippen molar-refractivity contribution in [3.8, 4) is 5.75 Å². The second-order valence-corrected chi connectivity index (χ2v) is 5.66. The molecule has 0 saturated heterocycles. The number of hydrogen-bond acceptors (Lipinski definition) is 4. The van der Waals surface area contributed by atoms with E-state index >= 15 is 0 Å². The summed E-state index contributed by atoms with van der Waals surface area (Å²) in [5.74, 6) is 0.437. The molecule has 0 saturated carbocycles. The molecular formula is C15H15Cl2N3O3. The maximum atomic E-state index is 12.2. The molecule has 8 heteroatoms. The third-order valence-corrected chi connectivity index (χ3v) is 3.96. The van der Waals surface area contributed by atoms with Crippen molar-refractivity contribution in [3.63, 3.8) is 0 Å². The highest BCUT2D eigenvalue weighted by atomic mass is 35.5. The van der Waals surface area contributed by atoms with Crippen molar-refractivity contribution in [2.45, 2.75) is 13.1 Å². The van der Waals surface area contributed by atoms with Gasteiger partial charge in [-0.15, -0.1) is 0 Å². The van der Waals surface area contributed by atoms with Crippen LogP contribution in [0.1, 0.15) is 5.56 Å². The van der Waals surface area contributed by atoms with Crippen LogP contribution in [-0.2, 0) is 17.9 Å². The molecule has 23 heavy (non-hydrogen) atoms. The standard InChI is InChI=1S/C15H15Cl2N3O3/c1-19(8-10-4-3-5-11(6-10)23-2)13(21)9-20-15(22)14(17)12(16)7-18-20/h3-7H,8-9H2,1-2H3. The van der Waals surface area contributed by atoms with E-state index in [1.807, 2.05) is 24.3 Å². The number of carbonyl (C=O) groups is 1. The van der Waals surface area contributed by atoms with Crippen LogP contribution in [0.15, 0.2) is 35.3 Å². The average Bonchev–Trinajstić information content (AvgIpc) is 2.55. The Morgan fingerprint density at radius 1 is 1.39 bits per heavy atom. The van der Waals surface area contributed by atoms with Gasteiger partial charge in [-0.3, -0.25) is 9.59 Å². The minimum Gasteiger partial charge on any atom is -0.497 e. The second kappa shape index (κ2) is 7.48. The van der Waals surface area contributed by atoms with Crippen molar-refractivity contribution in [1.29, 1.82) is 0 Å². The molecule has 1 aromatic heterocycles. The van der Waals surface area contributed by atoms with Gasteiger partial charge in [0, 0.05) is 13.6 Å². The van der Waals surface area contributed by atoms with Crippen LogP contribution in [0.4, 0.5) is 0 Å². The Kier molecular flexibility index (Phi) is 5.63. The number of nitrogens with zero attached hydrogens (tertiary/aromatic N) is 3. The van der Waals surface area contributed by atoms with Crippen LogP contribution >= 0.6 is 23.2 Å². The highest BCUT2D eigenvalue weighted by molar-refractivity contribution is 6.41. The largest absolute Gasteiger partial charge is 0.497 e. The number of methoxy groups -OCH3 is 1. The summed E-state index contributed by atoms with van der Waals surface area (Å²) in [4.78, 5) is 25.6. The van der Waals surface area contributed by atoms with Gasteiger partial charge in [-0.25, -0.2) is 4.68 Å². The van der Waals surface area contributed by atoms with Gasteiger partial charge in [-0.2, -0.15) is 5.10 Å². The molecule has 0 N–H and O–H groups in total. The van der Waals surface area contributed by atoms with E-state index in [1.165, 1.54) is 11.1 Å². The first kappa shape index (κ1) is 17.3. The Bertz CT molecular complexity index is 777. The molecule has 0 fully saturated rings. The van der Waals surface area contributed by atoms with E-state index in [9.17, 15) is 9.59 Å². The molecule has 0 aliphatic rings. The number of aromatic nitrogens is 2. The molecule has 0 aliphatic carbocycles. The minimum atomic E-state index is -0.595. The van der Waals surface area contributed by atoms with Crippen LogP contribution in [0.2, 0.25) is 10.0 Å². The highest BCUT2D eigenvalue weighted by Gasteiger charge is 2.14. The third-order valence-electron chi connectivity index (χ3n) is 3.21. The van der Waals surface area contributed by atoms with Crippen molar-refractivity contribution in [1.82, 2.24) is 14.7 Å². The van der Waals surface area contributed by atoms with Gasteiger partial charge in [-0.1, -0.05) is 35.3 Å². The second-order valence-electron chi connectivity index (χ2n) is 4.87. The highest BCUT2D eigenvalue weighted by Crippen LogP contribution is 2.15. The zero-order valence-corrected chi connectivity index (χ0v) is 14.1. The molecule has 0 aliphatic heterocycles. The molecule has 2 aromatic rings. The minimum absolute atomic E-state index is 0.0603. The SMILES string of the molecule is COc1cccc(CN(C)C(=O)Cn2ncc(Cl)c(Cl)c2=O)c1. The molecule has 6 nitrogen and oxygen atoms in total. The first-order valence-electron chi connectivity index (χ1n) is 6.70. The summed E-state index contributed by atoms with van der Waals surface area (Å²) < 4.78 is 6.13. The molecule has 1 aromatic carbocycles. The summed E-state index contributed by atoms with van der Waals surface area (Å²) in [6.45, 7) is 0.169. The number of ether oxygens (including phenoxy) is 1. The summed E-state index contributed by atoms with van der Waals surface area (Å²) in [7, 11) is 3.22. The number of carbonyl (C=O) groups excluding carboxylic acids is 1. The Labute approximate surface area is 143 Å². The Morgan fingerprint density at radius 2 is 2.13 bits per heavy atom. The lowest BCUT2D eigenvalue weighted by Gasteiger charge is -2.18. The molecule has 0 bridgehead atoms. The Hall–Kier alpha value is -2.05. The van der Waals surface area contributed by atoms with E-state index in [0.29, 0.717) is 12.3 Å². The number of rotatable bonds is 5. The molecular weight excluding hydrogens is 341 g/mol. The van der Waals surface area contributed by atoms with E-state index in [0.717, 1.165) is 10.2 Å². The molecule has 122 valence electrons. The lowest BCUT2D eigenvalue weighted by Crippen LogP contribution is -2.34. The third kappa shape index (κ3) is 4.24. The number of hydrogen-bond donors (Lipinski definition) is 0. The van der Waals surface area contributed by atoms with Crippen molar-refractivity contribution < 1.29 is 9.53 Å². The summed E-state index contributed by atoms with van der Waals surface area (Å²) in [6, 6.07) is 7.39. The van der Waals surface area contributed by atoms with Gasteiger partial charge >= 0.3 is 0 Å². The number of amides is 1. The molecule has 1 amide bonds. The summed E-state index contributed by atoms with van der Waals surface area (Å²) in [5.41, 5.74) is 0.317. The maximum Gasteiger partial charge on any atom is 0.287 e. The fourth-order valence-corrected chi connectivity index (χ4v) is 2.21. The number of benzene rings is 1. The molecule has 0 spiro atoms. The van der Waals surface area contributed by atoms with E-state index < -0.39 is 5.56 Å². The van der Waals surface area contributed by atoms with Crippen LogP contribution in [-0.4, -0.2) is 34.7 Å². The molecule has 2 rings (SSSR count). The smallest absolute Gasteiger partial charge is 0.287 e. The van der Waals surface area contributed by atoms with Crippen molar-refractivity contribution >= 4 is 29.1 Å². The average molecular weight is 356 g/mol. The molecule has 1 heterocycles. The first-order valence-corrected chi connectivity index (χ1v) is 7.46. The maximum absolute atomic E-state index is 12.2. The number of halogens is 2. The van der Waals surface area contributed by atoms with Gasteiger partial charge in [0.25, 0.3) is 5.56 Å². The van der Waals surface area contributed by atoms with Gasteiger partial charge in [0.15, 0.2) is 0 Å². The number of likely N-dealkylation sites (N-methyl/N-ethyl adjacent to an activating group) is 1. The zero-order valence-electron chi connectivity index (χ0n) is 12.6. The fourth-order valence-electron chi connectivity index (χ4n) is 1.94. The van der Waals surface area contributed by atoms with Gasteiger partial charge in [0.05, 0.1) is 18.3 Å². The van der Waals surface area contributed by atoms with Gasteiger partial charge in [0.1, 0.15) is 17.3 Å². The van der Waals surface area contributed by atoms with Gasteiger partial charge < -0.3 is 9.64 Å². The van der Waals surface area contributed by atoms with Crippen molar-refractivity contribution in [3.05, 3.63) is 56.4 Å². The topological polar surface area (TPSA) is 64.4 Å². The van der Waals surface area contributed by atoms with Gasteiger partial charge in [0.2, 0.25) is 5.91 Å². The van der Waals surface area contributed by atoms with E-state index in [1.54, 1.807) is 14.2 Å². The van der Waals surface area contributed by atoms with Crippen LogP contribution in [0, 0.1) is 0 Å². The molecule has 0 unspecified atom stereocenters. The van der Waals surface area contributed by atoms with Crippen LogP contribution in [0.25, 0.3) is 0 Å². The van der Waals surface area contributed by atoms with Crippen LogP contribution in [0.3, 0.4) is 0 Å². The Balaban J connectivity index is 2.08. The monoisotopic (exact) mass is 355 g/mol. The van der Waals surface area contributed by atoms with Gasteiger partial charge in [-0.05, 0) is 17.7 Å². The predicted octanol–water partition coefficient (Wildman–Crippen LogP) is 2.22. The van der Waals surface area contributed by atoms with Crippen LogP contribution in [0.5, 0.6) is 5.75 Å². The van der Waals surface area contributed by atoms with E-state index in [-0.39, 0.29) is 22.5 Å². The predicted molar refractivity (Wildman–Crippen MR) is 88.0 cm³/mol. The summed E-state index contributed by atoms with van der Waals surface area (Å²) >= 11 is 11.5. The van der Waals surface area contributed by atoms with E-state index in [4.69, 9.17) is 27.9 Å². The normalized spacial score (nSPS) is 10.4. The lowest BCUT2D eigenvalue weighted by molar-refractivity contribution is -0.131. The quantitative estimate of drug-likeness (QED) is 0.824. The van der Waals surface area contributed by atoms with E-state index in [2.05, 4.69) is 5.10 Å². The fraction of sp³-hybridized carbons (Fsp3) is 0.267. The Morgan fingerprint density at radius 3 is 2.83 bits per heavy atom. The summed E-state index contributed by atoms with van der Waals surface area (Å²) in [6.07, 6.45) is 1.24. The summed E-state index contributed by atoms with van der Waals surface area (Å²) in [5, 5.41) is 3.73. The zero-order chi connectivity index (χ0) is 17.0. The molecule has 0 atom stereocenters.